The number of nitrogens with one attached hydrogen (secondary N) is 8. The number of benzene rings is 2. The van der Waals surface area contributed by atoms with E-state index in [-0.39, 0.29) is 62.7 Å². The molecule has 4 heterocycles. The van der Waals surface area contributed by atoms with Crippen LogP contribution in [0, 0.1) is 11.8 Å². The second kappa shape index (κ2) is 36.3. The Morgan fingerprint density at radius 1 is 0.576 bits per heavy atom. The highest BCUT2D eigenvalue weighted by molar-refractivity contribution is 6.62. The van der Waals surface area contributed by atoms with Crippen molar-refractivity contribution >= 4 is 82.5 Å². The van der Waals surface area contributed by atoms with Crippen LogP contribution >= 0.6 is 11.6 Å². The number of aliphatic hydroxyl groups excluding tert-OH is 1. The van der Waals surface area contributed by atoms with Gasteiger partial charge in [-0.3, -0.25) is 43.2 Å². The summed E-state index contributed by atoms with van der Waals surface area (Å²) < 4.78 is 16.4. The Hall–Kier alpha value is -8.79. The Bertz CT molecular complexity index is 3230. The Morgan fingerprint density at radius 2 is 0.980 bits per heavy atom. The summed E-state index contributed by atoms with van der Waals surface area (Å²) in [7, 11) is 6.24. The average molecular weight is 1400 g/mol. The van der Waals surface area contributed by atoms with Crippen molar-refractivity contribution in [3.63, 3.8) is 0 Å². The van der Waals surface area contributed by atoms with Gasteiger partial charge in [0.25, 0.3) is 0 Å². The Labute approximate surface area is 584 Å². The van der Waals surface area contributed by atoms with Gasteiger partial charge in [0.2, 0.25) is 47.3 Å². The highest BCUT2D eigenvalue weighted by Gasteiger charge is 2.62. The van der Waals surface area contributed by atoms with Gasteiger partial charge in [0.05, 0.1) is 25.7 Å². The van der Waals surface area contributed by atoms with Gasteiger partial charge in [0.1, 0.15) is 52.6 Å². The molecule has 0 unspecified atom stereocenters. The van der Waals surface area contributed by atoms with Crippen molar-refractivity contribution in [2.45, 2.75) is 203 Å². The smallest absolute Gasteiger partial charge is 0.409 e. The van der Waals surface area contributed by atoms with Crippen LogP contribution in [0.4, 0.5) is 19.2 Å². The maximum Gasteiger partial charge on any atom is 0.409 e. The highest BCUT2D eigenvalue weighted by Crippen LogP contribution is 2.47. The van der Waals surface area contributed by atoms with Gasteiger partial charge in [-0.2, -0.15) is 0 Å². The molecule has 99 heavy (non-hydrogen) atoms. The van der Waals surface area contributed by atoms with Gasteiger partial charge in [-0.25, -0.2) is 14.4 Å². The first-order valence-corrected chi connectivity index (χ1v) is 34.3. The van der Waals surface area contributed by atoms with Crippen LogP contribution in [0.25, 0.3) is 0 Å². The second-order valence-electron chi connectivity index (χ2n) is 28.1. The molecule has 12 amide bonds. The lowest BCUT2D eigenvalue weighted by Crippen LogP contribution is -2.58. The number of amides is 12. The lowest BCUT2D eigenvalue weighted by Gasteiger charge is -2.30. The first kappa shape index (κ1) is 79.2. The summed E-state index contributed by atoms with van der Waals surface area (Å²) in [5.41, 5.74) is -2.31. The van der Waals surface area contributed by atoms with E-state index in [4.69, 9.17) is 25.8 Å². The maximum absolute atomic E-state index is 14.1. The SMILES string of the molecule is CC(C)(C)OC(=O)N[C@H]1CCCCC/C=C\[C@@H]2C[C@@]2(C(=O)NCC(=O)NCc2ccccc2)NC(=O)[C@@H]2C[C@@H](O)CN2C1=O.CN(C)C(=O)Cl.CN(C)C(=O)O[C@@H]1C[C@H]2C(=O)N[C@]3(C(=O)NCC(=O)NCc4ccccc4)C[C@H]3/C=C\CCCCC[C@H](NC(=O)OC(C)(C)C)C(=O)N2C1. The van der Waals surface area contributed by atoms with Crippen LogP contribution in [-0.2, 0) is 65.7 Å². The summed E-state index contributed by atoms with van der Waals surface area (Å²) in [4.78, 5) is 161. The maximum atomic E-state index is 14.1. The van der Waals surface area contributed by atoms with E-state index in [1.807, 2.05) is 85.0 Å². The Morgan fingerprint density at radius 3 is 1.37 bits per heavy atom. The van der Waals surface area contributed by atoms with Crippen molar-refractivity contribution < 1.29 is 76.9 Å². The topological polar surface area (TPSA) is 362 Å². The number of allylic oxidation sites excluding steroid dienone is 2. The molecular weight excluding hydrogens is 1300 g/mol. The van der Waals surface area contributed by atoms with E-state index >= 15 is 0 Å². The van der Waals surface area contributed by atoms with Crippen LogP contribution in [0.5, 0.6) is 0 Å². The van der Waals surface area contributed by atoms with Gasteiger partial charge in [-0.1, -0.05) is 111 Å². The molecule has 8 rings (SSSR count). The van der Waals surface area contributed by atoms with Crippen LogP contribution in [0.2, 0.25) is 0 Å². The first-order valence-electron chi connectivity index (χ1n) is 33.9. The molecule has 2 aromatic carbocycles. The minimum atomic E-state index is -1.32. The Kier molecular flexibility index (Phi) is 29.1. The highest BCUT2D eigenvalue weighted by atomic mass is 35.5. The molecule has 2 saturated carbocycles. The van der Waals surface area contributed by atoms with Crippen LogP contribution in [-0.4, -0.2) is 209 Å². The fourth-order valence-corrected chi connectivity index (χ4v) is 11.8. The van der Waals surface area contributed by atoms with Crippen molar-refractivity contribution in [3.05, 3.63) is 96.1 Å². The van der Waals surface area contributed by atoms with E-state index in [0.29, 0.717) is 51.6 Å². The van der Waals surface area contributed by atoms with E-state index < -0.39 is 118 Å². The van der Waals surface area contributed by atoms with Crippen molar-refractivity contribution in [2.24, 2.45) is 11.8 Å². The number of hydrogen-bond acceptors (Lipinski definition) is 16. The number of carbonyl (C=O) groups is 12. The minimum absolute atomic E-state index is 0.00315. The van der Waals surface area contributed by atoms with E-state index in [9.17, 15) is 62.6 Å². The van der Waals surface area contributed by atoms with Crippen molar-refractivity contribution in [2.75, 3.05) is 54.4 Å². The van der Waals surface area contributed by atoms with Gasteiger partial charge in [0.15, 0.2) is 0 Å². The molecule has 544 valence electrons. The average Bonchev–Trinajstić information content (AvgIpc) is 1.59. The normalized spacial score (nSPS) is 26.1. The molecule has 4 aliphatic heterocycles. The molecule has 2 saturated heterocycles. The first-order chi connectivity index (χ1) is 46.7. The van der Waals surface area contributed by atoms with Crippen molar-refractivity contribution in [3.8, 4) is 0 Å². The van der Waals surface area contributed by atoms with Gasteiger partial charge in [-0.05, 0) is 116 Å². The van der Waals surface area contributed by atoms with E-state index in [0.717, 1.165) is 49.7 Å². The predicted octanol–water partition coefficient (Wildman–Crippen LogP) is 4.95. The predicted molar refractivity (Wildman–Crippen MR) is 366 cm³/mol. The van der Waals surface area contributed by atoms with Crippen molar-refractivity contribution in [1.29, 1.82) is 0 Å². The third kappa shape index (κ3) is 24.9. The van der Waals surface area contributed by atoms with E-state index in [1.54, 1.807) is 55.6 Å². The van der Waals surface area contributed by atoms with E-state index in [1.165, 1.54) is 33.7 Å². The number of halogens is 1. The third-order valence-electron chi connectivity index (χ3n) is 17.2. The summed E-state index contributed by atoms with van der Waals surface area (Å²) in [5.74, 6) is -4.50. The number of aliphatic hydroxyl groups is 1. The summed E-state index contributed by atoms with van der Waals surface area (Å²) >= 11 is 4.90. The van der Waals surface area contributed by atoms with Crippen LogP contribution < -0.4 is 42.5 Å². The zero-order chi connectivity index (χ0) is 72.8. The molecule has 10 atom stereocenters. The quantitative estimate of drug-likeness (QED) is 0.0554. The van der Waals surface area contributed by atoms with Crippen LogP contribution in [0.15, 0.2) is 85.0 Å². The molecule has 4 fully saturated rings. The van der Waals surface area contributed by atoms with Gasteiger partial charge >= 0.3 is 23.6 Å². The standard InChI is InChI=1S/C35H50N6O8.C32H45N5O7.C3H6ClNO/c1-34(2,3)49-32(46)38-26-17-13-8-6-7-12-16-24-19-35(24,31(45)37-21-28(42)36-20-23-14-10-9-11-15-23)39-29(43)27-18-25(22-41(27)30(26)44)48-33(47)40(4)5;1-31(2,3)44-30(43)35-24-15-11-6-4-5-10-14-22-17-32(22,36-27(40)25-16-23(38)20-37(25)28(24)41)29(42)34-19-26(39)33-18-21-12-8-7-9-13-21;1-5(2)3(4)6/h9-12,14-16,24-27H,6-8,13,17-22H2,1-5H3,(H,36,42)(H,37,45)(H,38,46)(H,39,43);7-10,12-14,22-25,38H,4-6,11,15-20H2,1-3H3,(H,33,39)(H,34,42)(H,35,43)(H,36,40);1-2H3/b16-12-;14-10-;/t24-,25-,26+,27+,35-;22-,23-,24+,25+,32-;/m11./s1. The number of carbonyl (C=O) groups excluding carboxylic acids is 12. The largest absolute Gasteiger partial charge is 0.444 e. The minimum Gasteiger partial charge on any atom is -0.444 e. The molecule has 0 spiro atoms. The molecule has 0 radical (unpaired) electrons. The molecule has 2 aliphatic carbocycles. The lowest BCUT2D eigenvalue weighted by molar-refractivity contribution is -0.141. The van der Waals surface area contributed by atoms with Gasteiger partial charge < -0.3 is 81.5 Å². The number of hydrogen-bond donors (Lipinski definition) is 9. The molecular formula is C70H101ClN12O16. The van der Waals surface area contributed by atoms with Crippen LogP contribution in [0.3, 0.4) is 0 Å². The van der Waals surface area contributed by atoms with Crippen LogP contribution in [0.1, 0.15) is 143 Å². The zero-order valence-corrected chi connectivity index (χ0v) is 59.3. The number of ether oxygens (including phenoxy) is 3. The molecule has 28 nitrogen and oxygen atoms in total. The number of nitrogens with zero attached hydrogens (tertiary/aromatic N) is 4. The summed E-state index contributed by atoms with van der Waals surface area (Å²) in [6.07, 6.45) is 11.3. The number of fused-ring (bicyclic) bond motifs is 4. The monoisotopic (exact) mass is 1400 g/mol. The summed E-state index contributed by atoms with van der Waals surface area (Å²) in [6.45, 7) is 10.3. The number of alkyl carbamates (subject to hydrolysis) is 2. The van der Waals surface area contributed by atoms with Crippen molar-refractivity contribution in [1.82, 2.24) is 62.1 Å². The lowest BCUT2D eigenvalue weighted by atomic mass is 10.0. The molecule has 6 aliphatic rings. The summed E-state index contributed by atoms with van der Waals surface area (Å²) in [6, 6.07) is 14.7. The zero-order valence-electron chi connectivity index (χ0n) is 58.6. The molecule has 29 heteroatoms. The second-order valence-corrected chi connectivity index (χ2v) is 28.5. The van der Waals surface area contributed by atoms with E-state index in [2.05, 4.69) is 42.5 Å². The summed E-state index contributed by atoms with van der Waals surface area (Å²) in [5, 5.41) is 32.1. The van der Waals surface area contributed by atoms with Gasteiger partial charge in [-0.15, -0.1) is 0 Å². The number of rotatable bonds is 13. The van der Waals surface area contributed by atoms with Gasteiger partial charge in [0, 0.05) is 72.5 Å². The Balaban J connectivity index is 0.000000289. The fraction of sp³-hybridized carbons (Fsp3) is 0.600. The molecule has 9 N–H and O–H groups in total. The molecule has 2 aromatic rings. The molecule has 0 aromatic heterocycles. The third-order valence-corrected chi connectivity index (χ3v) is 17.5. The molecule has 0 bridgehead atoms. The fourth-order valence-electron chi connectivity index (χ4n) is 11.8.